The number of hydrogen-bond donors (Lipinski definition) is 0. The second kappa shape index (κ2) is 10.1. The molecule has 0 atom stereocenters. The lowest BCUT2D eigenvalue weighted by Gasteiger charge is -2.21. The van der Waals surface area contributed by atoms with Crippen LogP contribution in [0.1, 0.15) is 25.8 Å². The number of methoxy groups -OCH3 is 3. The van der Waals surface area contributed by atoms with Gasteiger partial charge in [0.15, 0.2) is 11.5 Å². The van der Waals surface area contributed by atoms with Crippen LogP contribution in [0.25, 0.3) is 22.3 Å². The van der Waals surface area contributed by atoms with Crippen molar-refractivity contribution in [2.45, 2.75) is 26.7 Å². The summed E-state index contributed by atoms with van der Waals surface area (Å²) in [6, 6.07) is 18.7. The second-order valence-electron chi connectivity index (χ2n) is 6.94. The zero-order valence-corrected chi connectivity index (χ0v) is 18.5. The maximum absolute atomic E-state index is 6.08. The van der Waals surface area contributed by atoms with Gasteiger partial charge in [-0.3, -0.25) is 0 Å². The SMILES string of the molecule is CCCc1ccc(OCC)c(-c2cc(OC)c(OC)c(OC)c2)c1-c1ccccc1. The first-order chi connectivity index (χ1) is 14.7. The van der Waals surface area contributed by atoms with Crippen LogP contribution in [0.4, 0.5) is 0 Å². The van der Waals surface area contributed by atoms with E-state index in [0.717, 1.165) is 35.3 Å². The fraction of sp³-hybridized carbons (Fsp3) is 0.308. The van der Waals surface area contributed by atoms with Crippen molar-refractivity contribution in [2.75, 3.05) is 27.9 Å². The molecule has 0 saturated heterocycles. The molecule has 0 aliphatic rings. The average molecular weight is 407 g/mol. The van der Waals surface area contributed by atoms with Gasteiger partial charge in [-0.05, 0) is 53.8 Å². The van der Waals surface area contributed by atoms with E-state index in [2.05, 4.69) is 43.3 Å². The molecule has 4 heteroatoms. The first-order valence-electron chi connectivity index (χ1n) is 10.3. The third kappa shape index (κ3) is 4.23. The summed E-state index contributed by atoms with van der Waals surface area (Å²) in [7, 11) is 4.88. The van der Waals surface area contributed by atoms with E-state index in [0.29, 0.717) is 23.9 Å². The summed E-state index contributed by atoms with van der Waals surface area (Å²) in [6.45, 7) is 4.78. The van der Waals surface area contributed by atoms with Crippen LogP contribution in [0, 0.1) is 0 Å². The molecule has 0 spiro atoms. The van der Waals surface area contributed by atoms with Gasteiger partial charge >= 0.3 is 0 Å². The standard InChI is InChI=1S/C26H30O4/c1-6-11-18-14-15-21(30-7-2)25(24(18)19-12-9-8-10-13-19)20-16-22(27-3)26(29-5)23(17-20)28-4/h8-10,12-17H,6-7,11H2,1-5H3. The monoisotopic (exact) mass is 406 g/mol. The van der Waals surface area contributed by atoms with Gasteiger partial charge < -0.3 is 18.9 Å². The maximum atomic E-state index is 6.08. The Morgan fingerprint density at radius 1 is 0.667 bits per heavy atom. The van der Waals surface area contributed by atoms with Crippen LogP contribution in [0.2, 0.25) is 0 Å². The van der Waals surface area contributed by atoms with Crippen LogP contribution in [0.5, 0.6) is 23.0 Å². The molecule has 0 unspecified atom stereocenters. The summed E-state index contributed by atoms with van der Waals surface area (Å²) in [6.07, 6.45) is 2.04. The highest BCUT2D eigenvalue weighted by Crippen LogP contribution is 2.47. The van der Waals surface area contributed by atoms with Crippen LogP contribution < -0.4 is 18.9 Å². The summed E-state index contributed by atoms with van der Waals surface area (Å²) < 4.78 is 22.8. The Morgan fingerprint density at radius 2 is 1.33 bits per heavy atom. The maximum Gasteiger partial charge on any atom is 0.203 e. The third-order valence-corrected chi connectivity index (χ3v) is 5.09. The summed E-state index contributed by atoms with van der Waals surface area (Å²) in [5.74, 6) is 2.65. The lowest BCUT2D eigenvalue weighted by molar-refractivity contribution is 0.324. The van der Waals surface area contributed by atoms with E-state index in [1.165, 1.54) is 11.1 Å². The number of hydrogen-bond acceptors (Lipinski definition) is 4. The van der Waals surface area contributed by atoms with Crippen molar-refractivity contribution in [1.29, 1.82) is 0 Å². The molecule has 4 nitrogen and oxygen atoms in total. The minimum atomic E-state index is 0.577. The van der Waals surface area contributed by atoms with Crippen LogP contribution in [0.15, 0.2) is 54.6 Å². The number of benzene rings is 3. The molecule has 0 radical (unpaired) electrons. The number of rotatable bonds is 9. The highest BCUT2D eigenvalue weighted by atomic mass is 16.5. The van der Waals surface area contributed by atoms with Gasteiger partial charge in [0.1, 0.15) is 5.75 Å². The second-order valence-corrected chi connectivity index (χ2v) is 6.94. The van der Waals surface area contributed by atoms with Crippen molar-refractivity contribution in [3.63, 3.8) is 0 Å². The Hall–Kier alpha value is -3.14. The lowest BCUT2D eigenvalue weighted by Crippen LogP contribution is -2.01. The van der Waals surface area contributed by atoms with Crippen LogP contribution in [0.3, 0.4) is 0 Å². The van der Waals surface area contributed by atoms with Crippen molar-refractivity contribution in [3.8, 4) is 45.3 Å². The molecule has 0 N–H and O–H groups in total. The Balaban J connectivity index is 2.39. The first-order valence-corrected chi connectivity index (χ1v) is 10.3. The van der Waals surface area contributed by atoms with Crippen LogP contribution >= 0.6 is 0 Å². The summed E-state index contributed by atoms with van der Waals surface area (Å²) in [5.41, 5.74) is 5.62. The van der Waals surface area contributed by atoms with Gasteiger partial charge in [0.05, 0.1) is 27.9 Å². The molecule has 3 rings (SSSR count). The van der Waals surface area contributed by atoms with E-state index in [1.807, 2.05) is 25.1 Å². The summed E-state index contributed by atoms with van der Waals surface area (Å²) in [4.78, 5) is 0. The van der Waals surface area contributed by atoms with E-state index in [-0.39, 0.29) is 0 Å². The minimum absolute atomic E-state index is 0.577. The smallest absolute Gasteiger partial charge is 0.203 e. The molecular formula is C26H30O4. The van der Waals surface area contributed by atoms with Gasteiger partial charge in [0, 0.05) is 5.56 Å². The highest BCUT2D eigenvalue weighted by molar-refractivity contribution is 5.91. The van der Waals surface area contributed by atoms with E-state index in [4.69, 9.17) is 18.9 Å². The molecule has 0 fully saturated rings. The van der Waals surface area contributed by atoms with E-state index >= 15 is 0 Å². The molecule has 0 aliphatic heterocycles. The Morgan fingerprint density at radius 3 is 1.87 bits per heavy atom. The molecule has 0 saturated carbocycles. The van der Waals surface area contributed by atoms with Gasteiger partial charge in [-0.1, -0.05) is 49.7 Å². The van der Waals surface area contributed by atoms with E-state index in [1.54, 1.807) is 21.3 Å². The summed E-state index contributed by atoms with van der Waals surface area (Å²) >= 11 is 0. The zero-order chi connectivity index (χ0) is 21.5. The van der Waals surface area contributed by atoms with Gasteiger partial charge in [0.2, 0.25) is 5.75 Å². The predicted molar refractivity (Wildman–Crippen MR) is 122 cm³/mol. The number of aryl methyl sites for hydroxylation is 1. The highest BCUT2D eigenvalue weighted by Gasteiger charge is 2.21. The minimum Gasteiger partial charge on any atom is -0.493 e. The largest absolute Gasteiger partial charge is 0.493 e. The third-order valence-electron chi connectivity index (χ3n) is 5.09. The quantitative estimate of drug-likeness (QED) is 0.412. The summed E-state index contributed by atoms with van der Waals surface area (Å²) in [5, 5.41) is 0. The molecule has 158 valence electrons. The fourth-order valence-corrected chi connectivity index (χ4v) is 3.83. The van der Waals surface area contributed by atoms with Crippen molar-refractivity contribution in [2.24, 2.45) is 0 Å². The molecule has 30 heavy (non-hydrogen) atoms. The molecule has 3 aromatic carbocycles. The van der Waals surface area contributed by atoms with Crippen molar-refractivity contribution in [3.05, 3.63) is 60.2 Å². The first kappa shape index (κ1) is 21.6. The van der Waals surface area contributed by atoms with Crippen molar-refractivity contribution >= 4 is 0 Å². The Kier molecular flexibility index (Phi) is 7.23. The predicted octanol–water partition coefficient (Wildman–Crippen LogP) is 6.40. The lowest BCUT2D eigenvalue weighted by atomic mass is 9.88. The molecule has 0 aliphatic carbocycles. The molecule has 0 bridgehead atoms. The Bertz CT molecular complexity index is 955. The molecule has 3 aromatic rings. The van der Waals surface area contributed by atoms with Crippen LogP contribution in [-0.4, -0.2) is 27.9 Å². The van der Waals surface area contributed by atoms with Gasteiger partial charge in [0.25, 0.3) is 0 Å². The fourth-order valence-electron chi connectivity index (χ4n) is 3.83. The van der Waals surface area contributed by atoms with E-state index in [9.17, 15) is 0 Å². The van der Waals surface area contributed by atoms with Crippen molar-refractivity contribution in [1.82, 2.24) is 0 Å². The molecular weight excluding hydrogens is 376 g/mol. The van der Waals surface area contributed by atoms with Crippen LogP contribution in [-0.2, 0) is 6.42 Å². The normalized spacial score (nSPS) is 10.6. The van der Waals surface area contributed by atoms with Gasteiger partial charge in [-0.25, -0.2) is 0 Å². The topological polar surface area (TPSA) is 36.9 Å². The van der Waals surface area contributed by atoms with E-state index < -0.39 is 0 Å². The van der Waals surface area contributed by atoms with Gasteiger partial charge in [-0.2, -0.15) is 0 Å². The Labute approximate surface area is 179 Å². The van der Waals surface area contributed by atoms with Gasteiger partial charge in [-0.15, -0.1) is 0 Å². The molecule has 0 aromatic heterocycles. The van der Waals surface area contributed by atoms with Crippen molar-refractivity contribution < 1.29 is 18.9 Å². The number of ether oxygens (including phenoxy) is 4. The zero-order valence-electron chi connectivity index (χ0n) is 18.5. The molecule has 0 heterocycles. The molecule has 0 amide bonds. The average Bonchev–Trinajstić information content (AvgIpc) is 2.79.